The molecule has 0 atom stereocenters. The number of hydrogen-bond donors (Lipinski definition) is 1. The van der Waals surface area contributed by atoms with E-state index in [2.05, 4.69) is 21.2 Å². The SMILES string of the molecule is O=C(/C=C/Nc1cc(Cl)cc(Cl)c1)c1ccc(Br)cc1. The second kappa shape index (κ2) is 6.93. The largest absolute Gasteiger partial charge is 0.361 e. The van der Waals surface area contributed by atoms with Crippen LogP contribution in [-0.2, 0) is 0 Å². The summed E-state index contributed by atoms with van der Waals surface area (Å²) in [7, 11) is 0. The summed E-state index contributed by atoms with van der Waals surface area (Å²) in [6, 6.07) is 12.3. The van der Waals surface area contributed by atoms with Gasteiger partial charge in [-0.15, -0.1) is 0 Å². The minimum Gasteiger partial charge on any atom is -0.361 e. The van der Waals surface area contributed by atoms with E-state index in [1.54, 1.807) is 36.5 Å². The standard InChI is InChI=1S/C15H10BrCl2NO/c16-11-3-1-10(2-4-11)15(20)5-6-19-14-8-12(17)7-13(18)9-14/h1-9,19H/b6-5+. The lowest BCUT2D eigenvalue weighted by molar-refractivity contribution is 0.104. The van der Waals surface area contributed by atoms with Crippen molar-refractivity contribution in [3.8, 4) is 0 Å². The molecule has 0 aliphatic carbocycles. The van der Waals surface area contributed by atoms with Gasteiger partial charge in [-0.3, -0.25) is 4.79 Å². The second-order valence-electron chi connectivity index (χ2n) is 4.01. The van der Waals surface area contributed by atoms with Gasteiger partial charge in [0.2, 0.25) is 0 Å². The van der Waals surface area contributed by atoms with Crippen molar-refractivity contribution in [3.05, 3.63) is 74.8 Å². The lowest BCUT2D eigenvalue weighted by Crippen LogP contribution is -1.96. The van der Waals surface area contributed by atoms with E-state index in [9.17, 15) is 4.79 Å². The van der Waals surface area contributed by atoms with Crippen LogP contribution in [0.15, 0.2) is 59.2 Å². The molecule has 0 unspecified atom stereocenters. The molecule has 2 rings (SSSR count). The van der Waals surface area contributed by atoms with Crippen LogP contribution in [0.3, 0.4) is 0 Å². The number of allylic oxidation sites excluding steroid dienone is 1. The first-order valence-electron chi connectivity index (χ1n) is 5.74. The Morgan fingerprint density at radius 3 is 2.25 bits per heavy atom. The van der Waals surface area contributed by atoms with E-state index in [1.165, 1.54) is 6.08 Å². The summed E-state index contributed by atoms with van der Waals surface area (Å²) >= 11 is 15.1. The Balaban J connectivity index is 2.02. The van der Waals surface area contributed by atoms with Crippen LogP contribution < -0.4 is 5.32 Å². The summed E-state index contributed by atoms with van der Waals surface area (Å²) in [5, 5.41) is 4.03. The van der Waals surface area contributed by atoms with Crippen LogP contribution in [0.25, 0.3) is 0 Å². The quantitative estimate of drug-likeness (QED) is 0.563. The fourth-order valence-corrected chi connectivity index (χ4v) is 2.35. The van der Waals surface area contributed by atoms with Crippen LogP contribution >= 0.6 is 39.1 Å². The average Bonchev–Trinajstić information content (AvgIpc) is 2.38. The Kier molecular flexibility index (Phi) is 5.24. The van der Waals surface area contributed by atoms with Crippen molar-refractivity contribution in [1.29, 1.82) is 0 Å². The predicted octanol–water partition coefficient (Wildman–Crippen LogP) is 5.56. The summed E-state index contributed by atoms with van der Waals surface area (Å²) in [4.78, 5) is 11.9. The molecular weight excluding hydrogens is 361 g/mol. The minimum absolute atomic E-state index is 0.0851. The molecule has 0 saturated carbocycles. The maximum atomic E-state index is 11.9. The number of ketones is 1. The average molecular weight is 371 g/mol. The van der Waals surface area contributed by atoms with Gasteiger partial charge in [0.05, 0.1) is 0 Å². The molecule has 0 amide bonds. The van der Waals surface area contributed by atoms with E-state index < -0.39 is 0 Å². The van der Waals surface area contributed by atoms with E-state index in [1.807, 2.05) is 12.1 Å². The molecule has 0 bridgehead atoms. The van der Waals surface area contributed by atoms with Crippen LogP contribution in [0.5, 0.6) is 0 Å². The van der Waals surface area contributed by atoms with Crippen LogP contribution in [0.4, 0.5) is 5.69 Å². The Morgan fingerprint density at radius 1 is 1.05 bits per heavy atom. The fraction of sp³-hybridized carbons (Fsp3) is 0. The van der Waals surface area contributed by atoms with Crippen molar-refractivity contribution in [2.75, 3.05) is 5.32 Å². The number of halogens is 3. The highest BCUT2D eigenvalue weighted by atomic mass is 79.9. The number of hydrogen-bond acceptors (Lipinski definition) is 2. The molecule has 5 heteroatoms. The molecule has 0 aromatic heterocycles. The Hall–Kier alpha value is -1.29. The Morgan fingerprint density at radius 2 is 1.65 bits per heavy atom. The van der Waals surface area contributed by atoms with Crippen molar-refractivity contribution < 1.29 is 4.79 Å². The van der Waals surface area contributed by atoms with Gasteiger partial charge in [-0.05, 0) is 42.5 Å². The Labute approximate surface area is 135 Å². The summed E-state index contributed by atoms with van der Waals surface area (Å²) < 4.78 is 0.935. The Bertz CT molecular complexity index is 633. The van der Waals surface area contributed by atoms with Crippen LogP contribution in [0.1, 0.15) is 10.4 Å². The summed E-state index contributed by atoms with van der Waals surface area (Å²) in [6.45, 7) is 0. The van der Waals surface area contributed by atoms with Gasteiger partial charge in [0, 0.05) is 38.0 Å². The topological polar surface area (TPSA) is 29.1 Å². The van der Waals surface area contributed by atoms with Gasteiger partial charge < -0.3 is 5.32 Å². The minimum atomic E-state index is -0.0851. The molecule has 0 saturated heterocycles. The third kappa shape index (κ3) is 4.37. The molecule has 0 radical (unpaired) electrons. The highest BCUT2D eigenvalue weighted by molar-refractivity contribution is 9.10. The van der Waals surface area contributed by atoms with E-state index in [0.717, 1.165) is 10.2 Å². The number of carbonyl (C=O) groups is 1. The number of nitrogens with one attached hydrogen (secondary N) is 1. The molecule has 0 spiro atoms. The zero-order valence-electron chi connectivity index (χ0n) is 10.2. The number of carbonyl (C=O) groups excluding carboxylic acids is 1. The predicted molar refractivity (Wildman–Crippen MR) is 87.7 cm³/mol. The smallest absolute Gasteiger partial charge is 0.187 e. The first-order valence-corrected chi connectivity index (χ1v) is 7.28. The number of anilines is 1. The second-order valence-corrected chi connectivity index (χ2v) is 5.80. The molecule has 2 aromatic carbocycles. The molecule has 1 N–H and O–H groups in total. The number of benzene rings is 2. The lowest BCUT2D eigenvalue weighted by Gasteiger charge is -2.02. The van der Waals surface area contributed by atoms with Crippen molar-refractivity contribution in [3.63, 3.8) is 0 Å². The molecule has 2 aromatic rings. The van der Waals surface area contributed by atoms with Crippen molar-refractivity contribution in [2.45, 2.75) is 0 Å². The maximum Gasteiger partial charge on any atom is 0.187 e. The van der Waals surface area contributed by atoms with E-state index in [-0.39, 0.29) is 5.78 Å². The molecule has 2 nitrogen and oxygen atoms in total. The monoisotopic (exact) mass is 369 g/mol. The van der Waals surface area contributed by atoms with E-state index in [0.29, 0.717) is 15.6 Å². The van der Waals surface area contributed by atoms with Crippen LogP contribution in [-0.4, -0.2) is 5.78 Å². The van der Waals surface area contributed by atoms with Crippen LogP contribution in [0, 0.1) is 0 Å². The molecule has 20 heavy (non-hydrogen) atoms. The molecule has 0 aliphatic heterocycles. The highest BCUT2D eigenvalue weighted by Crippen LogP contribution is 2.22. The zero-order chi connectivity index (χ0) is 14.5. The third-order valence-corrected chi connectivity index (χ3v) is 3.44. The van der Waals surface area contributed by atoms with Gasteiger partial charge in [-0.25, -0.2) is 0 Å². The van der Waals surface area contributed by atoms with Gasteiger partial charge in [0.1, 0.15) is 0 Å². The summed E-state index contributed by atoms with van der Waals surface area (Å²) in [5.41, 5.74) is 1.35. The normalized spacial score (nSPS) is 10.8. The van der Waals surface area contributed by atoms with Gasteiger partial charge in [0.15, 0.2) is 5.78 Å². The maximum absolute atomic E-state index is 11.9. The third-order valence-electron chi connectivity index (χ3n) is 2.48. The van der Waals surface area contributed by atoms with Crippen LogP contribution in [0.2, 0.25) is 10.0 Å². The zero-order valence-corrected chi connectivity index (χ0v) is 13.3. The highest BCUT2D eigenvalue weighted by Gasteiger charge is 2.01. The molecular formula is C15H10BrCl2NO. The van der Waals surface area contributed by atoms with Crippen molar-refractivity contribution in [2.24, 2.45) is 0 Å². The first-order chi connectivity index (χ1) is 9.54. The molecule has 102 valence electrons. The fourth-order valence-electron chi connectivity index (χ4n) is 1.56. The summed E-state index contributed by atoms with van der Waals surface area (Å²) in [5.74, 6) is -0.0851. The van der Waals surface area contributed by atoms with Gasteiger partial charge in [-0.2, -0.15) is 0 Å². The molecule has 0 heterocycles. The first kappa shape index (κ1) is 15.1. The lowest BCUT2D eigenvalue weighted by atomic mass is 10.1. The van der Waals surface area contributed by atoms with E-state index >= 15 is 0 Å². The van der Waals surface area contributed by atoms with Gasteiger partial charge in [-0.1, -0.05) is 39.1 Å². The van der Waals surface area contributed by atoms with Crippen molar-refractivity contribution >= 4 is 50.6 Å². The van der Waals surface area contributed by atoms with E-state index in [4.69, 9.17) is 23.2 Å². The molecule has 0 fully saturated rings. The van der Waals surface area contributed by atoms with Gasteiger partial charge in [0.25, 0.3) is 0 Å². The number of rotatable bonds is 4. The molecule has 0 aliphatic rings. The summed E-state index contributed by atoms with van der Waals surface area (Å²) in [6.07, 6.45) is 3.02. The van der Waals surface area contributed by atoms with Gasteiger partial charge >= 0.3 is 0 Å². The van der Waals surface area contributed by atoms with Crippen molar-refractivity contribution in [1.82, 2.24) is 0 Å².